The molecule has 0 unspecified atom stereocenters. The van der Waals surface area contributed by atoms with Gasteiger partial charge in [0.05, 0.1) is 4.90 Å². The van der Waals surface area contributed by atoms with Crippen molar-refractivity contribution in [2.24, 2.45) is 0 Å². The molecule has 1 aliphatic carbocycles. The molecule has 6 heteroatoms. The molecule has 2 heterocycles. The number of rotatable bonds is 2. The van der Waals surface area contributed by atoms with Crippen LogP contribution in [0.1, 0.15) is 24.3 Å². The van der Waals surface area contributed by atoms with Crippen molar-refractivity contribution in [1.82, 2.24) is 9.97 Å². The second-order valence-corrected chi connectivity index (χ2v) is 6.51. The minimum Gasteiger partial charge on any atom is -0.355 e. The number of pyridine rings is 1. The van der Waals surface area contributed by atoms with Gasteiger partial charge in [-0.05, 0) is 24.3 Å². The summed E-state index contributed by atoms with van der Waals surface area (Å²) in [7, 11) is -3.32. The Hall–Kier alpha value is -1.56. The molecule has 5 nitrogen and oxygen atoms in total. The molecule has 0 atom stereocenters. The Morgan fingerprint density at radius 3 is 2.53 bits per heavy atom. The van der Waals surface area contributed by atoms with Gasteiger partial charge in [0.1, 0.15) is 5.52 Å². The van der Waals surface area contributed by atoms with Crippen molar-refractivity contribution in [2.45, 2.75) is 23.7 Å². The maximum absolute atomic E-state index is 11.7. The molecule has 1 aliphatic rings. The Labute approximate surface area is 97.8 Å². The molecular formula is C11H12N2O3S. The number of nitrogens with one attached hydrogen (secondary N) is 2. The lowest BCUT2D eigenvalue weighted by molar-refractivity contribution is 0.602. The molecule has 90 valence electrons. The standard InChI is InChI=1S/C11H12N2O3S/c1-17(15,16)8-5-12-10-9(8)7(6-2-3-6)4-13-11(10)14/h4-6,12H,2-3H2,1H3,(H,13,14). The average Bonchev–Trinajstić information content (AvgIpc) is 2.94. The number of hydrogen-bond acceptors (Lipinski definition) is 3. The highest BCUT2D eigenvalue weighted by Gasteiger charge is 2.29. The third kappa shape index (κ3) is 1.59. The maximum Gasteiger partial charge on any atom is 0.272 e. The van der Waals surface area contributed by atoms with Crippen molar-refractivity contribution in [1.29, 1.82) is 0 Å². The van der Waals surface area contributed by atoms with E-state index in [0.717, 1.165) is 24.7 Å². The summed E-state index contributed by atoms with van der Waals surface area (Å²) in [5.41, 5.74) is 1.01. The number of hydrogen-bond donors (Lipinski definition) is 2. The van der Waals surface area contributed by atoms with Gasteiger partial charge in [-0.3, -0.25) is 4.79 Å². The SMILES string of the molecule is CS(=O)(=O)c1c[nH]c2c(=O)[nH]cc(C3CC3)c12. The average molecular weight is 252 g/mol. The van der Waals surface area contributed by atoms with E-state index < -0.39 is 9.84 Å². The summed E-state index contributed by atoms with van der Waals surface area (Å²) in [5, 5.41) is 0.568. The van der Waals surface area contributed by atoms with Crippen LogP contribution in [0.3, 0.4) is 0 Å². The molecular weight excluding hydrogens is 240 g/mol. The van der Waals surface area contributed by atoms with Crippen LogP contribution in [0.5, 0.6) is 0 Å². The van der Waals surface area contributed by atoms with E-state index in [0.29, 0.717) is 16.8 Å². The first-order valence-electron chi connectivity index (χ1n) is 5.41. The third-order valence-corrected chi connectivity index (χ3v) is 4.26. The van der Waals surface area contributed by atoms with Crippen LogP contribution in [0, 0.1) is 0 Å². The molecule has 0 spiro atoms. The van der Waals surface area contributed by atoms with E-state index in [1.807, 2.05) is 0 Å². The van der Waals surface area contributed by atoms with Gasteiger partial charge in [0.2, 0.25) is 0 Å². The molecule has 0 bridgehead atoms. The van der Waals surface area contributed by atoms with Crippen LogP contribution in [0.2, 0.25) is 0 Å². The van der Waals surface area contributed by atoms with Gasteiger partial charge in [0, 0.05) is 24.0 Å². The second kappa shape index (κ2) is 3.22. The van der Waals surface area contributed by atoms with Crippen LogP contribution < -0.4 is 5.56 Å². The van der Waals surface area contributed by atoms with E-state index in [2.05, 4.69) is 9.97 Å². The van der Waals surface area contributed by atoms with E-state index in [1.54, 1.807) is 6.20 Å². The largest absolute Gasteiger partial charge is 0.355 e. The van der Waals surface area contributed by atoms with Gasteiger partial charge in [0.25, 0.3) is 5.56 Å². The fourth-order valence-electron chi connectivity index (χ4n) is 2.17. The molecule has 0 saturated heterocycles. The number of aromatic amines is 2. The van der Waals surface area contributed by atoms with Crippen LogP contribution in [-0.2, 0) is 9.84 Å². The van der Waals surface area contributed by atoms with Crippen molar-refractivity contribution < 1.29 is 8.42 Å². The Morgan fingerprint density at radius 1 is 1.24 bits per heavy atom. The highest BCUT2D eigenvalue weighted by atomic mass is 32.2. The Balaban J connectivity index is 2.46. The van der Waals surface area contributed by atoms with Gasteiger partial charge in [-0.1, -0.05) is 0 Å². The topological polar surface area (TPSA) is 82.8 Å². The lowest BCUT2D eigenvalue weighted by atomic mass is 10.1. The Bertz CT molecular complexity index is 751. The predicted octanol–water partition coefficient (Wildman–Crippen LogP) is 1.14. The van der Waals surface area contributed by atoms with Crippen molar-refractivity contribution in [3.63, 3.8) is 0 Å². The van der Waals surface area contributed by atoms with Gasteiger partial charge >= 0.3 is 0 Å². The van der Waals surface area contributed by atoms with E-state index in [4.69, 9.17) is 0 Å². The summed E-state index contributed by atoms with van der Waals surface area (Å²) >= 11 is 0. The number of fused-ring (bicyclic) bond motifs is 1. The molecule has 2 N–H and O–H groups in total. The van der Waals surface area contributed by atoms with Crippen molar-refractivity contribution in [3.05, 3.63) is 28.3 Å². The fraction of sp³-hybridized carbons (Fsp3) is 0.364. The van der Waals surface area contributed by atoms with Gasteiger partial charge < -0.3 is 9.97 Å². The van der Waals surface area contributed by atoms with Crippen LogP contribution in [0.25, 0.3) is 10.9 Å². The first kappa shape index (κ1) is 10.6. The van der Waals surface area contributed by atoms with Crippen LogP contribution >= 0.6 is 0 Å². The summed E-state index contributed by atoms with van der Waals surface area (Å²) in [6, 6.07) is 0. The first-order valence-corrected chi connectivity index (χ1v) is 7.30. The van der Waals surface area contributed by atoms with Crippen LogP contribution in [0.15, 0.2) is 22.1 Å². The Kier molecular flexibility index (Phi) is 2.01. The van der Waals surface area contributed by atoms with E-state index in [1.165, 1.54) is 6.20 Å². The summed E-state index contributed by atoms with van der Waals surface area (Å²) < 4.78 is 23.4. The smallest absolute Gasteiger partial charge is 0.272 e. The summed E-state index contributed by atoms with van der Waals surface area (Å²) in [5.74, 6) is 0.380. The zero-order valence-electron chi connectivity index (χ0n) is 9.28. The van der Waals surface area contributed by atoms with Gasteiger partial charge in [-0.15, -0.1) is 0 Å². The monoisotopic (exact) mass is 252 g/mol. The second-order valence-electron chi connectivity index (χ2n) is 4.52. The molecule has 3 rings (SSSR count). The molecule has 1 saturated carbocycles. The van der Waals surface area contributed by atoms with Crippen LogP contribution in [0.4, 0.5) is 0 Å². The predicted molar refractivity (Wildman–Crippen MR) is 64.0 cm³/mol. The molecule has 2 aromatic heterocycles. The molecule has 17 heavy (non-hydrogen) atoms. The first-order chi connectivity index (χ1) is 7.98. The summed E-state index contributed by atoms with van der Waals surface area (Å²) in [6.07, 6.45) is 6.31. The third-order valence-electron chi connectivity index (χ3n) is 3.14. The minimum absolute atomic E-state index is 0.223. The van der Waals surface area contributed by atoms with Gasteiger partial charge in [0.15, 0.2) is 9.84 Å². The summed E-state index contributed by atoms with van der Waals surface area (Å²) in [4.78, 5) is 17.3. The van der Waals surface area contributed by atoms with E-state index in [9.17, 15) is 13.2 Å². The van der Waals surface area contributed by atoms with Gasteiger partial charge in [-0.25, -0.2) is 8.42 Å². The van der Waals surface area contributed by atoms with Gasteiger partial charge in [-0.2, -0.15) is 0 Å². The van der Waals surface area contributed by atoms with Crippen molar-refractivity contribution in [2.75, 3.05) is 6.26 Å². The molecule has 2 aromatic rings. The lowest BCUT2D eigenvalue weighted by Gasteiger charge is -2.02. The normalized spacial score (nSPS) is 16.5. The highest BCUT2D eigenvalue weighted by molar-refractivity contribution is 7.91. The quantitative estimate of drug-likeness (QED) is 0.840. The summed E-state index contributed by atoms with van der Waals surface area (Å²) in [6.45, 7) is 0. The lowest BCUT2D eigenvalue weighted by Crippen LogP contribution is -2.07. The Morgan fingerprint density at radius 2 is 1.94 bits per heavy atom. The minimum atomic E-state index is -3.32. The fourth-order valence-corrected chi connectivity index (χ4v) is 3.03. The number of H-pyrrole nitrogens is 2. The van der Waals surface area contributed by atoms with Crippen molar-refractivity contribution in [3.8, 4) is 0 Å². The van der Waals surface area contributed by atoms with E-state index in [-0.39, 0.29) is 10.5 Å². The number of aromatic nitrogens is 2. The number of sulfone groups is 1. The zero-order chi connectivity index (χ0) is 12.2. The molecule has 0 aliphatic heterocycles. The molecule has 0 aromatic carbocycles. The van der Waals surface area contributed by atoms with Crippen LogP contribution in [-0.4, -0.2) is 24.6 Å². The molecule has 1 fully saturated rings. The highest BCUT2D eigenvalue weighted by Crippen LogP contribution is 2.43. The molecule has 0 amide bonds. The maximum atomic E-state index is 11.7. The van der Waals surface area contributed by atoms with Crippen molar-refractivity contribution >= 4 is 20.7 Å². The van der Waals surface area contributed by atoms with E-state index >= 15 is 0 Å². The molecule has 0 radical (unpaired) electrons. The zero-order valence-corrected chi connectivity index (χ0v) is 10.1.